The van der Waals surface area contributed by atoms with Crippen LogP contribution in [0.3, 0.4) is 0 Å². The Morgan fingerprint density at radius 1 is 0.905 bits per heavy atom. The van der Waals surface area contributed by atoms with Crippen LogP contribution in [-0.4, -0.2) is 33.8 Å². The molecule has 0 fully saturated rings. The summed E-state index contributed by atoms with van der Waals surface area (Å²) < 4.78 is 117. The van der Waals surface area contributed by atoms with Gasteiger partial charge in [-0.05, 0) is 32.5 Å². The minimum absolute atomic E-state index is 0.0143. The Bertz CT molecular complexity index is 527. The van der Waals surface area contributed by atoms with E-state index in [1.165, 1.54) is 0 Å². The maximum atomic E-state index is 12.4. The molecule has 0 saturated heterocycles. The summed E-state index contributed by atoms with van der Waals surface area (Å²) in [6.45, 7) is -6.43. The van der Waals surface area contributed by atoms with Crippen molar-refractivity contribution in [1.29, 1.82) is 0 Å². The molecule has 0 rings (SSSR count). The molecule has 0 aromatic carbocycles. The number of halogens is 6. The van der Waals surface area contributed by atoms with E-state index in [4.69, 9.17) is 13.3 Å². The largest absolute Gasteiger partial charge is 0.438 e. The Balaban J connectivity index is 4.81. The predicted octanol–water partition coefficient (Wildman–Crippen LogP) is 3.57. The van der Waals surface area contributed by atoms with Crippen LogP contribution in [0.2, 0.25) is 0 Å². The van der Waals surface area contributed by atoms with Gasteiger partial charge in [0.25, 0.3) is 0 Å². The average Bonchev–Trinajstić information content (AvgIpc) is 2.40. The summed E-state index contributed by atoms with van der Waals surface area (Å²) in [6, 6.07) is 0. The fraction of sp³-hybridized carbons (Fsp3) is 0.846. The Labute approximate surface area is 127 Å². The maximum absolute atomic E-state index is 12.4. The lowest BCUT2D eigenvalue weighted by molar-refractivity contribution is -0.343. The van der Waals surface area contributed by atoms with Crippen molar-refractivity contribution in [2.75, 3.05) is 0 Å². The minimum atomic E-state index is -6.05. The van der Waals surface area contributed by atoms with E-state index in [1.54, 1.807) is 5.92 Å². The lowest BCUT2D eigenvalue weighted by Gasteiger charge is -2.27. The summed E-state index contributed by atoms with van der Waals surface area (Å²) >= 11 is 0. The standard InChI is InChI=1S/C13H18F6O2/c1-10(2,20)8-6-4-3-5-7-9-11(21,12(14,15)16)13(17,18)19/h20-21H,3-6,8H2,1-2H3/i1D3,2D3. The lowest BCUT2D eigenvalue weighted by atomic mass is 10.00. The molecule has 0 aromatic rings. The van der Waals surface area contributed by atoms with Crippen molar-refractivity contribution >= 4 is 0 Å². The van der Waals surface area contributed by atoms with Gasteiger partial charge in [-0.1, -0.05) is 18.8 Å². The van der Waals surface area contributed by atoms with Gasteiger partial charge >= 0.3 is 18.0 Å². The molecule has 0 amide bonds. The molecule has 0 spiro atoms. The summed E-state index contributed by atoms with van der Waals surface area (Å²) in [6.07, 6.45) is -13.5. The van der Waals surface area contributed by atoms with Crippen LogP contribution in [0.4, 0.5) is 26.3 Å². The molecular weight excluding hydrogens is 302 g/mol. The minimum Gasteiger partial charge on any atom is -0.390 e. The molecule has 0 saturated carbocycles. The van der Waals surface area contributed by atoms with Gasteiger partial charge < -0.3 is 10.2 Å². The molecule has 0 bridgehead atoms. The fourth-order valence-corrected chi connectivity index (χ4v) is 1.26. The van der Waals surface area contributed by atoms with Crippen LogP contribution in [0.1, 0.15) is 54.0 Å². The van der Waals surface area contributed by atoms with Crippen molar-refractivity contribution < 1.29 is 44.8 Å². The molecule has 0 unspecified atom stereocenters. The molecule has 2 nitrogen and oxygen atoms in total. The second-order valence-electron chi connectivity index (χ2n) is 4.43. The first-order valence-corrected chi connectivity index (χ1v) is 5.79. The summed E-state index contributed by atoms with van der Waals surface area (Å²) in [5, 5.41) is 18.7. The molecule has 124 valence electrons. The zero-order valence-corrected chi connectivity index (χ0v) is 10.7. The normalized spacial score (nSPS) is 19.2. The van der Waals surface area contributed by atoms with E-state index < -0.39 is 50.1 Å². The first kappa shape index (κ1) is 11.6. The van der Waals surface area contributed by atoms with Gasteiger partial charge in [0.15, 0.2) is 0 Å². The van der Waals surface area contributed by atoms with Crippen molar-refractivity contribution in [2.45, 2.75) is 69.4 Å². The highest BCUT2D eigenvalue weighted by Gasteiger charge is 2.70. The zero-order valence-electron chi connectivity index (χ0n) is 16.7. The summed E-state index contributed by atoms with van der Waals surface area (Å²) in [5.74, 6) is 2.33. The van der Waals surface area contributed by atoms with E-state index in [0.29, 0.717) is 0 Å². The second kappa shape index (κ2) is 6.88. The van der Waals surface area contributed by atoms with Crippen LogP contribution < -0.4 is 0 Å². The number of hydrogen-bond acceptors (Lipinski definition) is 2. The van der Waals surface area contributed by atoms with E-state index in [0.717, 1.165) is 5.92 Å². The van der Waals surface area contributed by atoms with E-state index >= 15 is 0 Å². The molecule has 0 aliphatic heterocycles. The SMILES string of the molecule is [2H]C([2H])([2H])C(O)(CCCCCC#CC(O)(C(F)(F)F)C(F)(F)F)C([2H])([2H])[2H]. The third-order valence-corrected chi connectivity index (χ3v) is 2.43. The first-order valence-electron chi connectivity index (χ1n) is 8.79. The predicted molar refractivity (Wildman–Crippen MR) is 64.2 cm³/mol. The number of aliphatic hydroxyl groups is 2. The maximum Gasteiger partial charge on any atom is 0.438 e. The van der Waals surface area contributed by atoms with E-state index in [-0.39, 0.29) is 19.3 Å². The highest BCUT2D eigenvalue weighted by molar-refractivity contribution is 5.20. The monoisotopic (exact) mass is 326 g/mol. The van der Waals surface area contributed by atoms with Crippen molar-refractivity contribution in [3.8, 4) is 11.8 Å². The van der Waals surface area contributed by atoms with Crippen LogP contribution in [0, 0.1) is 11.8 Å². The molecule has 0 heterocycles. The molecular formula is C13H18F6O2. The highest BCUT2D eigenvalue weighted by atomic mass is 19.4. The summed E-state index contributed by atoms with van der Waals surface area (Å²) in [5.41, 5.74) is -8.15. The van der Waals surface area contributed by atoms with Crippen LogP contribution in [0.15, 0.2) is 0 Å². The first-order chi connectivity index (χ1) is 11.7. The van der Waals surface area contributed by atoms with Gasteiger partial charge in [0.1, 0.15) is 0 Å². The van der Waals surface area contributed by atoms with Crippen molar-refractivity contribution in [3.05, 3.63) is 0 Å². The van der Waals surface area contributed by atoms with Crippen LogP contribution in [0.5, 0.6) is 0 Å². The van der Waals surface area contributed by atoms with Gasteiger partial charge in [-0.3, -0.25) is 0 Å². The molecule has 0 aromatic heterocycles. The highest BCUT2D eigenvalue weighted by Crippen LogP contribution is 2.42. The lowest BCUT2D eigenvalue weighted by Crippen LogP contribution is -2.55. The van der Waals surface area contributed by atoms with Crippen molar-refractivity contribution in [3.63, 3.8) is 0 Å². The van der Waals surface area contributed by atoms with E-state index in [2.05, 4.69) is 0 Å². The molecule has 2 N–H and O–H groups in total. The van der Waals surface area contributed by atoms with Crippen LogP contribution in [-0.2, 0) is 0 Å². The fourth-order valence-electron chi connectivity index (χ4n) is 1.26. The molecule has 8 heteroatoms. The van der Waals surface area contributed by atoms with Crippen molar-refractivity contribution in [2.24, 2.45) is 0 Å². The Morgan fingerprint density at radius 2 is 1.43 bits per heavy atom. The van der Waals surface area contributed by atoms with Gasteiger partial charge in [-0.2, -0.15) is 26.3 Å². The number of unbranched alkanes of at least 4 members (excludes halogenated alkanes) is 3. The third-order valence-electron chi connectivity index (χ3n) is 2.43. The molecule has 21 heavy (non-hydrogen) atoms. The topological polar surface area (TPSA) is 40.5 Å². The zero-order chi connectivity index (χ0) is 21.9. The van der Waals surface area contributed by atoms with Crippen LogP contribution >= 0.6 is 0 Å². The van der Waals surface area contributed by atoms with E-state index in [9.17, 15) is 31.4 Å². The number of rotatable bonds is 5. The molecule has 0 radical (unpaired) electrons. The Kier molecular flexibility index (Phi) is 3.80. The molecule has 0 atom stereocenters. The van der Waals surface area contributed by atoms with Crippen LogP contribution in [0.25, 0.3) is 0 Å². The smallest absolute Gasteiger partial charge is 0.390 e. The van der Waals surface area contributed by atoms with Crippen molar-refractivity contribution in [1.82, 2.24) is 0 Å². The number of alkyl halides is 6. The van der Waals surface area contributed by atoms with E-state index in [1.807, 2.05) is 0 Å². The number of hydrogen-bond donors (Lipinski definition) is 2. The Hall–Kier alpha value is -0.940. The van der Waals surface area contributed by atoms with Gasteiger partial charge in [0, 0.05) is 14.6 Å². The quantitative estimate of drug-likeness (QED) is 0.461. The van der Waals surface area contributed by atoms with Gasteiger partial charge in [-0.25, -0.2) is 0 Å². The average molecular weight is 326 g/mol. The van der Waals surface area contributed by atoms with Gasteiger partial charge in [-0.15, -0.1) is 0 Å². The molecule has 0 aliphatic rings. The Morgan fingerprint density at radius 3 is 1.86 bits per heavy atom. The summed E-state index contributed by atoms with van der Waals surface area (Å²) in [7, 11) is 0. The second-order valence-corrected chi connectivity index (χ2v) is 4.43. The van der Waals surface area contributed by atoms with Gasteiger partial charge in [0.05, 0.1) is 5.60 Å². The molecule has 0 aliphatic carbocycles. The summed E-state index contributed by atoms with van der Waals surface area (Å²) in [4.78, 5) is 0. The third kappa shape index (κ3) is 6.57. The van der Waals surface area contributed by atoms with Gasteiger partial charge in [0.2, 0.25) is 0 Å².